The second-order valence-electron chi connectivity index (χ2n) is 5.00. The fourth-order valence-electron chi connectivity index (χ4n) is 2.23. The zero-order chi connectivity index (χ0) is 15.1. The Hall–Kier alpha value is -2.31. The summed E-state index contributed by atoms with van der Waals surface area (Å²) < 4.78 is 5.16. The van der Waals surface area contributed by atoms with Gasteiger partial charge in [-0.2, -0.15) is 5.26 Å². The summed E-state index contributed by atoms with van der Waals surface area (Å²) in [4.78, 5) is 0. The Morgan fingerprint density at radius 3 is 2.29 bits per heavy atom. The Kier molecular flexibility index (Phi) is 5.36. The van der Waals surface area contributed by atoms with Crippen molar-refractivity contribution in [1.82, 2.24) is 5.32 Å². The van der Waals surface area contributed by atoms with Crippen molar-refractivity contribution in [3.63, 3.8) is 0 Å². The molecule has 0 aromatic heterocycles. The first-order chi connectivity index (χ1) is 10.2. The minimum absolute atomic E-state index is 0.133. The van der Waals surface area contributed by atoms with Gasteiger partial charge in [0.05, 0.1) is 19.1 Å². The highest BCUT2D eigenvalue weighted by molar-refractivity contribution is 5.29. The van der Waals surface area contributed by atoms with E-state index in [2.05, 4.69) is 18.3 Å². The van der Waals surface area contributed by atoms with E-state index in [0.717, 1.165) is 11.3 Å². The lowest BCUT2D eigenvalue weighted by Gasteiger charge is -2.17. The number of hydrogen-bond donors (Lipinski definition) is 1. The third-order valence-electron chi connectivity index (χ3n) is 3.60. The molecule has 21 heavy (non-hydrogen) atoms. The van der Waals surface area contributed by atoms with Crippen LogP contribution in [0.15, 0.2) is 54.6 Å². The third kappa shape index (κ3) is 4.08. The van der Waals surface area contributed by atoms with Crippen LogP contribution in [0.1, 0.15) is 30.0 Å². The number of nitriles is 1. The largest absolute Gasteiger partial charge is 0.497 e. The van der Waals surface area contributed by atoms with E-state index >= 15 is 0 Å². The Bertz CT molecular complexity index is 587. The van der Waals surface area contributed by atoms with Gasteiger partial charge in [0, 0.05) is 12.6 Å². The van der Waals surface area contributed by atoms with Crippen LogP contribution in [0, 0.1) is 11.3 Å². The minimum Gasteiger partial charge on any atom is -0.497 e. The van der Waals surface area contributed by atoms with Gasteiger partial charge in [0.2, 0.25) is 0 Å². The maximum Gasteiger partial charge on any atom is 0.118 e. The van der Waals surface area contributed by atoms with E-state index in [1.165, 1.54) is 5.56 Å². The fraction of sp³-hybridized carbons (Fsp3) is 0.278. The molecule has 0 radical (unpaired) electrons. The first-order valence-electron chi connectivity index (χ1n) is 7.06. The smallest absolute Gasteiger partial charge is 0.118 e. The molecular formula is C18H20N2O. The number of methoxy groups -OCH3 is 1. The molecule has 3 nitrogen and oxygen atoms in total. The molecule has 2 rings (SSSR count). The summed E-state index contributed by atoms with van der Waals surface area (Å²) >= 11 is 0. The highest BCUT2D eigenvalue weighted by Gasteiger charge is 2.12. The Morgan fingerprint density at radius 2 is 1.71 bits per heavy atom. The molecule has 2 atom stereocenters. The van der Waals surface area contributed by atoms with E-state index < -0.39 is 0 Å². The number of benzene rings is 2. The molecule has 0 bridgehead atoms. The maximum atomic E-state index is 9.32. The standard InChI is InChI=1S/C18H20N2O/c1-14(15-8-10-18(21-2)11-9-15)20-13-17(12-19)16-6-4-3-5-7-16/h3-11,14,17,20H,13H2,1-2H3/t14-,17?/m1/s1. The minimum atomic E-state index is -0.133. The molecule has 0 spiro atoms. The van der Waals surface area contributed by atoms with Crippen LogP contribution in [0.4, 0.5) is 0 Å². The van der Waals surface area contributed by atoms with Crippen LogP contribution < -0.4 is 10.1 Å². The molecule has 3 heteroatoms. The van der Waals surface area contributed by atoms with Gasteiger partial charge in [-0.1, -0.05) is 42.5 Å². The van der Waals surface area contributed by atoms with E-state index in [1.807, 2.05) is 54.6 Å². The summed E-state index contributed by atoms with van der Waals surface area (Å²) in [5.74, 6) is 0.719. The molecule has 0 saturated carbocycles. The van der Waals surface area contributed by atoms with E-state index in [0.29, 0.717) is 6.54 Å². The van der Waals surface area contributed by atoms with Gasteiger partial charge in [0.1, 0.15) is 5.75 Å². The van der Waals surface area contributed by atoms with E-state index in [9.17, 15) is 5.26 Å². The SMILES string of the molecule is COc1ccc([C@@H](C)NCC(C#N)c2ccccc2)cc1. The van der Waals surface area contributed by atoms with Crippen LogP contribution in [0.3, 0.4) is 0 Å². The molecule has 0 aliphatic carbocycles. The zero-order valence-electron chi connectivity index (χ0n) is 12.4. The molecule has 0 aliphatic heterocycles. The lowest BCUT2D eigenvalue weighted by atomic mass is 10.00. The quantitative estimate of drug-likeness (QED) is 0.878. The summed E-state index contributed by atoms with van der Waals surface area (Å²) in [5.41, 5.74) is 2.23. The Morgan fingerprint density at radius 1 is 1.05 bits per heavy atom. The van der Waals surface area contributed by atoms with Crippen LogP contribution in [-0.2, 0) is 0 Å². The summed E-state index contributed by atoms with van der Waals surface area (Å²) in [7, 11) is 1.66. The van der Waals surface area contributed by atoms with Crippen molar-refractivity contribution in [2.24, 2.45) is 0 Å². The lowest BCUT2D eigenvalue weighted by Crippen LogP contribution is -2.24. The second-order valence-corrected chi connectivity index (χ2v) is 5.00. The van der Waals surface area contributed by atoms with Gasteiger partial charge in [0.25, 0.3) is 0 Å². The van der Waals surface area contributed by atoms with Crippen molar-refractivity contribution in [3.05, 3.63) is 65.7 Å². The monoisotopic (exact) mass is 280 g/mol. The highest BCUT2D eigenvalue weighted by atomic mass is 16.5. The van der Waals surface area contributed by atoms with Crippen molar-refractivity contribution >= 4 is 0 Å². The van der Waals surface area contributed by atoms with Crippen LogP contribution in [-0.4, -0.2) is 13.7 Å². The topological polar surface area (TPSA) is 45.0 Å². The summed E-state index contributed by atoms with van der Waals surface area (Å²) in [6.45, 7) is 2.73. The van der Waals surface area contributed by atoms with E-state index in [4.69, 9.17) is 4.74 Å². The van der Waals surface area contributed by atoms with Crippen molar-refractivity contribution in [1.29, 1.82) is 5.26 Å². The van der Waals surface area contributed by atoms with Crippen LogP contribution in [0.5, 0.6) is 5.75 Å². The van der Waals surface area contributed by atoms with Gasteiger partial charge >= 0.3 is 0 Å². The Labute approximate surface area is 126 Å². The predicted octanol–water partition coefficient (Wildman–Crippen LogP) is 3.65. The van der Waals surface area contributed by atoms with E-state index in [-0.39, 0.29) is 12.0 Å². The lowest BCUT2D eigenvalue weighted by molar-refractivity contribution is 0.414. The van der Waals surface area contributed by atoms with Gasteiger partial charge in [-0.3, -0.25) is 0 Å². The van der Waals surface area contributed by atoms with Crippen LogP contribution in [0.2, 0.25) is 0 Å². The number of rotatable bonds is 6. The first-order valence-corrected chi connectivity index (χ1v) is 7.06. The fourth-order valence-corrected chi connectivity index (χ4v) is 2.23. The predicted molar refractivity (Wildman–Crippen MR) is 84.2 cm³/mol. The molecule has 108 valence electrons. The van der Waals surface area contributed by atoms with Gasteiger partial charge in [-0.05, 0) is 30.2 Å². The molecule has 0 fully saturated rings. The highest BCUT2D eigenvalue weighted by Crippen LogP contribution is 2.19. The molecule has 2 aromatic carbocycles. The molecule has 2 aromatic rings. The van der Waals surface area contributed by atoms with Crippen molar-refractivity contribution in [2.75, 3.05) is 13.7 Å². The van der Waals surface area contributed by atoms with Gasteiger partial charge in [-0.15, -0.1) is 0 Å². The number of nitrogens with one attached hydrogen (secondary N) is 1. The molecule has 1 N–H and O–H groups in total. The molecule has 0 saturated heterocycles. The average Bonchev–Trinajstić information content (AvgIpc) is 2.56. The van der Waals surface area contributed by atoms with E-state index in [1.54, 1.807) is 7.11 Å². The zero-order valence-corrected chi connectivity index (χ0v) is 12.4. The molecule has 0 heterocycles. The average molecular weight is 280 g/mol. The Balaban J connectivity index is 1.96. The number of ether oxygens (including phenoxy) is 1. The number of nitrogens with zero attached hydrogens (tertiary/aromatic N) is 1. The van der Waals surface area contributed by atoms with Crippen molar-refractivity contribution in [2.45, 2.75) is 18.9 Å². The summed E-state index contributed by atoms with van der Waals surface area (Å²) in [6, 6.07) is 20.4. The van der Waals surface area contributed by atoms with Gasteiger partial charge < -0.3 is 10.1 Å². The number of hydrogen-bond acceptors (Lipinski definition) is 3. The van der Waals surface area contributed by atoms with Gasteiger partial charge in [0.15, 0.2) is 0 Å². The van der Waals surface area contributed by atoms with Crippen molar-refractivity contribution < 1.29 is 4.74 Å². The molecular weight excluding hydrogens is 260 g/mol. The second kappa shape index (κ2) is 7.47. The van der Waals surface area contributed by atoms with Crippen molar-refractivity contribution in [3.8, 4) is 11.8 Å². The summed E-state index contributed by atoms with van der Waals surface area (Å²) in [6.07, 6.45) is 0. The summed E-state index contributed by atoms with van der Waals surface area (Å²) in [5, 5.41) is 12.7. The molecule has 1 unspecified atom stereocenters. The molecule has 0 aliphatic rings. The first kappa shape index (κ1) is 15.1. The maximum absolute atomic E-state index is 9.32. The van der Waals surface area contributed by atoms with Crippen LogP contribution in [0.25, 0.3) is 0 Å². The normalized spacial score (nSPS) is 13.2. The molecule has 0 amide bonds. The van der Waals surface area contributed by atoms with Crippen LogP contribution >= 0.6 is 0 Å². The van der Waals surface area contributed by atoms with Gasteiger partial charge in [-0.25, -0.2) is 0 Å². The third-order valence-corrected chi connectivity index (χ3v) is 3.60.